The van der Waals surface area contributed by atoms with Gasteiger partial charge in [-0.2, -0.15) is 0 Å². The molecule has 2 rings (SSSR count). The highest BCUT2D eigenvalue weighted by molar-refractivity contribution is 6.82. The second kappa shape index (κ2) is 8.34. The van der Waals surface area contributed by atoms with Gasteiger partial charge in [0.2, 0.25) is 0 Å². The van der Waals surface area contributed by atoms with Crippen molar-refractivity contribution in [1.82, 2.24) is 9.13 Å². The molecule has 1 N–H and O–H groups in total. The summed E-state index contributed by atoms with van der Waals surface area (Å²) in [5, 5.41) is 11.8. The number of benzene rings is 1. The average Bonchev–Trinajstić information content (AvgIpc) is 2.92. The normalized spacial score (nSPS) is 14.1. The maximum absolute atomic E-state index is 10.6. The van der Waals surface area contributed by atoms with Crippen LogP contribution in [0.3, 0.4) is 0 Å². The highest BCUT2D eigenvalue weighted by Gasteiger charge is 2.46. The van der Waals surface area contributed by atoms with Gasteiger partial charge in [-0.25, -0.2) is 0 Å². The second-order valence-corrected chi connectivity index (χ2v) is 14.8. The molecular weight excluding hydrogens is 348 g/mol. The van der Waals surface area contributed by atoms with Gasteiger partial charge in [-0.15, -0.1) is 6.58 Å². The molecule has 3 nitrogen and oxygen atoms in total. The molecule has 0 saturated heterocycles. The number of aliphatic hydroxyl groups is 1. The van der Waals surface area contributed by atoms with Crippen molar-refractivity contribution in [2.75, 3.05) is 14.1 Å². The van der Waals surface area contributed by atoms with Gasteiger partial charge < -0.3 is 14.2 Å². The predicted octanol–water partition coefficient (Wildman–Crippen LogP) is 5.95. The molecule has 150 valence electrons. The van der Waals surface area contributed by atoms with Gasteiger partial charge in [-0.3, -0.25) is 0 Å². The van der Waals surface area contributed by atoms with Crippen molar-refractivity contribution in [2.45, 2.75) is 70.8 Å². The third-order valence-electron chi connectivity index (χ3n) is 6.16. The third-order valence-corrected chi connectivity index (χ3v) is 12.9. The van der Waals surface area contributed by atoms with Crippen molar-refractivity contribution >= 4 is 19.1 Å². The molecule has 27 heavy (non-hydrogen) atoms. The molecule has 0 spiro atoms. The van der Waals surface area contributed by atoms with E-state index >= 15 is 0 Å². The van der Waals surface area contributed by atoms with E-state index in [9.17, 15) is 5.11 Å². The molecule has 0 bridgehead atoms. The number of nitrogens with zero attached hydrogens (tertiary/aromatic N) is 2. The molecule has 0 aliphatic rings. The Bertz CT molecular complexity index is 767. The molecule has 1 aromatic heterocycles. The summed E-state index contributed by atoms with van der Waals surface area (Å²) in [5.41, 5.74) is 5.39. The van der Waals surface area contributed by atoms with Crippen LogP contribution in [0.4, 0.5) is 0 Å². The Morgan fingerprint density at radius 3 is 2.07 bits per heavy atom. The van der Waals surface area contributed by atoms with E-state index in [0.29, 0.717) is 16.6 Å². The van der Waals surface area contributed by atoms with Crippen molar-refractivity contribution in [1.29, 1.82) is 0 Å². The van der Waals surface area contributed by atoms with Gasteiger partial charge in [0.05, 0.1) is 6.10 Å². The molecule has 0 aliphatic carbocycles. The first-order chi connectivity index (χ1) is 12.6. The Morgan fingerprint density at radius 2 is 1.63 bits per heavy atom. The Balaban J connectivity index is 2.94. The van der Waals surface area contributed by atoms with Crippen LogP contribution in [-0.4, -0.2) is 36.6 Å². The summed E-state index contributed by atoms with van der Waals surface area (Å²) in [5.74, 6) is 0. The van der Waals surface area contributed by atoms with Crippen molar-refractivity contribution in [3.63, 3.8) is 0 Å². The first-order valence-corrected chi connectivity index (χ1v) is 12.4. The highest BCUT2D eigenvalue weighted by atomic mass is 28.3. The lowest BCUT2D eigenvalue weighted by atomic mass is 10.0. The van der Waals surface area contributed by atoms with Gasteiger partial charge in [0.15, 0.2) is 8.24 Å². The van der Waals surface area contributed by atoms with Gasteiger partial charge in [-0.05, 0) is 47.9 Å². The van der Waals surface area contributed by atoms with E-state index in [0.717, 1.165) is 12.1 Å². The number of fused-ring (bicyclic) bond motifs is 1. The fraction of sp³-hybridized carbons (Fsp3) is 0.565. The summed E-state index contributed by atoms with van der Waals surface area (Å²) in [6.07, 6.45) is 3.39. The van der Waals surface area contributed by atoms with E-state index in [1.54, 1.807) is 6.08 Å². The van der Waals surface area contributed by atoms with Crippen LogP contribution >= 0.6 is 0 Å². The second-order valence-electron chi connectivity index (χ2n) is 9.04. The van der Waals surface area contributed by atoms with Crippen LogP contribution in [0.25, 0.3) is 10.9 Å². The molecule has 0 radical (unpaired) electrons. The zero-order chi connectivity index (χ0) is 20.5. The lowest BCUT2D eigenvalue weighted by Gasteiger charge is -2.44. The van der Waals surface area contributed by atoms with Gasteiger partial charge in [0.25, 0.3) is 0 Å². The number of aromatic nitrogens is 1. The number of hydrogen-bond donors (Lipinski definition) is 1. The van der Waals surface area contributed by atoms with Crippen molar-refractivity contribution < 1.29 is 5.11 Å². The van der Waals surface area contributed by atoms with Gasteiger partial charge >= 0.3 is 0 Å². The summed E-state index contributed by atoms with van der Waals surface area (Å²) in [6, 6.07) is 6.37. The molecule has 1 aromatic carbocycles. The Hall–Kier alpha value is -1.36. The highest BCUT2D eigenvalue weighted by Crippen LogP contribution is 2.45. The molecule has 4 heteroatoms. The van der Waals surface area contributed by atoms with Crippen LogP contribution in [0.5, 0.6) is 0 Å². The first-order valence-electron chi connectivity index (χ1n) is 10.2. The molecule has 0 amide bonds. The molecule has 1 atom stereocenters. The minimum Gasteiger partial charge on any atom is -0.384 e. The molecule has 0 aliphatic heterocycles. The van der Waals surface area contributed by atoms with Crippen molar-refractivity contribution in [3.05, 3.63) is 48.2 Å². The summed E-state index contributed by atoms with van der Waals surface area (Å²) in [6.45, 7) is 19.1. The smallest absolute Gasteiger partial charge is 0.169 e. The fourth-order valence-electron chi connectivity index (χ4n) is 5.39. The Labute approximate surface area is 166 Å². The van der Waals surface area contributed by atoms with Crippen LogP contribution in [0.2, 0.25) is 16.6 Å². The summed E-state index contributed by atoms with van der Waals surface area (Å²) < 4.78 is 2.65. The summed E-state index contributed by atoms with van der Waals surface area (Å²) in [7, 11) is 2.33. The third kappa shape index (κ3) is 3.67. The lowest BCUT2D eigenvalue weighted by molar-refractivity contribution is 0.230. The average molecular weight is 387 g/mol. The number of aliphatic hydroxyl groups excluding tert-OH is 1. The lowest BCUT2D eigenvalue weighted by Crippen LogP contribution is -2.51. The summed E-state index contributed by atoms with van der Waals surface area (Å²) in [4.78, 5) is 2.21. The van der Waals surface area contributed by atoms with Crippen LogP contribution in [0.1, 0.15) is 58.8 Å². The van der Waals surface area contributed by atoms with E-state index in [-0.39, 0.29) is 0 Å². The Morgan fingerprint density at radius 1 is 1.07 bits per heavy atom. The molecule has 0 fully saturated rings. The molecule has 0 saturated carbocycles. The number of rotatable bonds is 8. The van der Waals surface area contributed by atoms with Gasteiger partial charge in [-0.1, -0.05) is 59.8 Å². The zero-order valence-electron chi connectivity index (χ0n) is 18.5. The van der Waals surface area contributed by atoms with Crippen molar-refractivity contribution in [2.24, 2.45) is 0 Å². The standard InChI is InChI=1S/C23H38N2OSi/c1-10-22(26)20-12-11-13-21-23(20)19(14-24(8)9)15-25(21)27(16(2)3,17(4)5)18(6)7/h10-13,15-18,22,26H,1,14H2,2-9H3. The SMILES string of the molecule is C=CC(O)c1cccc2c1c(CN(C)C)cn2[Si](C(C)C)(C(C)C)C(C)C. The largest absolute Gasteiger partial charge is 0.384 e. The van der Waals surface area contributed by atoms with Crippen LogP contribution in [0, 0.1) is 0 Å². The van der Waals surface area contributed by atoms with Crippen LogP contribution < -0.4 is 0 Å². The number of hydrogen-bond acceptors (Lipinski definition) is 2. The topological polar surface area (TPSA) is 28.4 Å². The van der Waals surface area contributed by atoms with Crippen LogP contribution in [0.15, 0.2) is 37.1 Å². The fourth-order valence-corrected chi connectivity index (χ4v) is 12.0. The maximum atomic E-state index is 10.6. The van der Waals surface area contributed by atoms with Gasteiger partial charge in [0, 0.05) is 23.6 Å². The predicted molar refractivity (Wildman–Crippen MR) is 121 cm³/mol. The maximum Gasteiger partial charge on any atom is 0.169 e. The van der Waals surface area contributed by atoms with E-state index in [4.69, 9.17) is 0 Å². The molecule has 1 heterocycles. The van der Waals surface area contributed by atoms with Crippen molar-refractivity contribution in [3.8, 4) is 0 Å². The van der Waals surface area contributed by atoms with Gasteiger partial charge in [0.1, 0.15) is 0 Å². The quantitative estimate of drug-likeness (QED) is 0.449. The first kappa shape index (κ1) is 21.9. The van der Waals surface area contributed by atoms with E-state index in [1.807, 2.05) is 6.07 Å². The monoisotopic (exact) mass is 386 g/mol. The minimum absolute atomic E-state index is 0.619. The Kier molecular flexibility index (Phi) is 6.77. The summed E-state index contributed by atoms with van der Waals surface area (Å²) >= 11 is 0. The minimum atomic E-state index is -1.88. The van der Waals surface area contributed by atoms with Crippen LogP contribution in [-0.2, 0) is 6.54 Å². The molecular formula is C23H38N2OSi. The van der Waals surface area contributed by atoms with E-state index < -0.39 is 14.3 Å². The zero-order valence-corrected chi connectivity index (χ0v) is 19.5. The molecule has 2 aromatic rings. The van der Waals surface area contributed by atoms with E-state index in [1.165, 1.54) is 16.5 Å². The molecule has 1 unspecified atom stereocenters. The van der Waals surface area contributed by atoms with E-state index in [2.05, 4.69) is 89.7 Å².